The molecule has 3 rings (SSSR count). The third-order valence-corrected chi connectivity index (χ3v) is 3.86. The summed E-state index contributed by atoms with van der Waals surface area (Å²) in [7, 11) is 0. The second-order valence-corrected chi connectivity index (χ2v) is 5.09. The van der Waals surface area contributed by atoms with Crippen LogP contribution in [0.2, 0.25) is 0 Å². The Hall–Kier alpha value is -1.91. The minimum atomic E-state index is -2.41. The second kappa shape index (κ2) is 5.23. The third kappa shape index (κ3) is 2.28. The zero-order chi connectivity index (χ0) is 14.1. The number of alkyl halides is 2. The molecule has 0 saturated carbocycles. The van der Waals surface area contributed by atoms with Gasteiger partial charge in [0.15, 0.2) is 0 Å². The molecular formula is C15H17F2N3. The molecule has 5 heteroatoms. The zero-order valence-corrected chi connectivity index (χ0v) is 11.3. The summed E-state index contributed by atoms with van der Waals surface area (Å²) in [5.41, 5.74) is 2.29. The van der Waals surface area contributed by atoms with E-state index < -0.39 is 12.5 Å². The fraction of sp³-hybridized carbons (Fsp3) is 0.400. The van der Waals surface area contributed by atoms with Crippen molar-refractivity contribution >= 4 is 5.82 Å². The summed E-state index contributed by atoms with van der Waals surface area (Å²) >= 11 is 0. The Labute approximate surface area is 116 Å². The largest absolute Gasteiger partial charge is 0.363 e. The zero-order valence-electron chi connectivity index (χ0n) is 11.3. The van der Waals surface area contributed by atoms with Gasteiger partial charge in [-0.05, 0) is 24.0 Å². The molecule has 2 aromatic rings. The molecule has 1 aliphatic rings. The maximum absolute atomic E-state index is 13.2. The van der Waals surface area contributed by atoms with Gasteiger partial charge in [0, 0.05) is 6.07 Å². The number of aryl methyl sites for hydroxylation is 1. The van der Waals surface area contributed by atoms with Gasteiger partial charge in [0.1, 0.15) is 11.9 Å². The van der Waals surface area contributed by atoms with E-state index in [-0.39, 0.29) is 6.04 Å². The SMILES string of the molecule is CCc1ccc([C@@H]2C[C@H](C(F)F)n3nccc3N2)cc1. The second-order valence-electron chi connectivity index (χ2n) is 5.09. The van der Waals surface area contributed by atoms with Crippen LogP contribution in [0.1, 0.15) is 36.6 Å². The predicted octanol–water partition coefficient (Wildman–Crippen LogP) is 3.81. The van der Waals surface area contributed by atoms with E-state index in [4.69, 9.17) is 0 Å². The summed E-state index contributed by atoms with van der Waals surface area (Å²) in [6, 6.07) is 8.93. The highest BCUT2D eigenvalue weighted by molar-refractivity contribution is 5.41. The molecule has 20 heavy (non-hydrogen) atoms. The molecule has 2 heterocycles. The fourth-order valence-corrected chi connectivity index (χ4v) is 2.69. The summed E-state index contributed by atoms with van der Waals surface area (Å²) in [5, 5.41) is 7.27. The van der Waals surface area contributed by atoms with Crippen LogP contribution in [-0.2, 0) is 6.42 Å². The minimum absolute atomic E-state index is 0.0934. The van der Waals surface area contributed by atoms with Crippen LogP contribution < -0.4 is 5.32 Å². The van der Waals surface area contributed by atoms with Crippen molar-refractivity contribution < 1.29 is 8.78 Å². The van der Waals surface area contributed by atoms with E-state index in [2.05, 4.69) is 29.5 Å². The molecule has 0 amide bonds. The van der Waals surface area contributed by atoms with Gasteiger partial charge in [0.05, 0.1) is 12.2 Å². The predicted molar refractivity (Wildman–Crippen MR) is 74.1 cm³/mol. The van der Waals surface area contributed by atoms with E-state index in [1.807, 2.05) is 12.1 Å². The van der Waals surface area contributed by atoms with Gasteiger partial charge in [-0.25, -0.2) is 13.5 Å². The molecule has 0 radical (unpaired) electrons. The molecule has 1 aromatic heterocycles. The van der Waals surface area contributed by atoms with Crippen molar-refractivity contribution in [3.63, 3.8) is 0 Å². The van der Waals surface area contributed by atoms with E-state index in [0.29, 0.717) is 12.2 Å². The fourth-order valence-electron chi connectivity index (χ4n) is 2.69. The van der Waals surface area contributed by atoms with Gasteiger partial charge in [0.25, 0.3) is 6.43 Å². The van der Waals surface area contributed by atoms with Crippen LogP contribution in [0.15, 0.2) is 36.5 Å². The van der Waals surface area contributed by atoms with Crippen LogP contribution in [-0.4, -0.2) is 16.2 Å². The lowest BCUT2D eigenvalue weighted by atomic mass is 9.96. The van der Waals surface area contributed by atoms with E-state index >= 15 is 0 Å². The summed E-state index contributed by atoms with van der Waals surface area (Å²) in [6.45, 7) is 2.10. The number of benzene rings is 1. The van der Waals surface area contributed by atoms with Crippen molar-refractivity contribution in [2.75, 3.05) is 5.32 Å². The maximum atomic E-state index is 13.2. The molecule has 0 unspecified atom stereocenters. The number of rotatable bonds is 3. The highest BCUT2D eigenvalue weighted by Crippen LogP contribution is 2.37. The molecule has 2 atom stereocenters. The number of hydrogen-bond acceptors (Lipinski definition) is 2. The monoisotopic (exact) mass is 277 g/mol. The van der Waals surface area contributed by atoms with E-state index in [9.17, 15) is 8.78 Å². The van der Waals surface area contributed by atoms with Crippen molar-refractivity contribution in [2.45, 2.75) is 38.3 Å². The lowest BCUT2D eigenvalue weighted by Crippen LogP contribution is -2.30. The summed E-state index contributed by atoms with van der Waals surface area (Å²) in [5.74, 6) is 0.658. The number of fused-ring (bicyclic) bond motifs is 1. The number of nitrogens with one attached hydrogen (secondary N) is 1. The van der Waals surface area contributed by atoms with Crippen molar-refractivity contribution in [1.29, 1.82) is 0 Å². The van der Waals surface area contributed by atoms with Gasteiger partial charge in [-0.3, -0.25) is 0 Å². The van der Waals surface area contributed by atoms with Gasteiger partial charge in [-0.2, -0.15) is 5.10 Å². The van der Waals surface area contributed by atoms with Crippen molar-refractivity contribution in [3.05, 3.63) is 47.7 Å². The van der Waals surface area contributed by atoms with Gasteiger partial charge >= 0.3 is 0 Å². The standard InChI is InChI=1S/C15H17F2N3/c1-2-10-3-5-11(6-4-10)12-9-13(15(16)17)20-14(19-12)7-8-18-20/h3-8,12-13,15,19H,2,9H2,1H3/t12-,13+/m0/s1. The molecule has 0 aliphatic carbocycles. The first-order chi connectivity index (χ1) is 9.69. The van der Waals surface area contributed by atoms with Crippen molar-refractivity contribution in [1.82, 2.24) is 9.78 Å². The maximum Gasteiger partial charge on any atom is 0.260 e. The van der Waals surface area contributed by atoms with Crippen LogP contribution in [0.4, 0.5) is 14.6 Å². The number of aromatic nitrogens is 2. The Morgan fingerprint density at radius 3 is 2.70 bits per heavy atom. The normalized spacial score (nSPS) is 21.6. The summed E-state index contributed by atoms with van der Waals surface area (Å²) < 4.78 is 27.8. The smallest absolute Gasteiger partial charge is 0.260 e. The molecular weight excluding hydrogens is 260 g/mol. The first kappa shape index (κ1) is 13.1. The number of anilines is 1. The number of halogens is 2. The number of hydrogen-bond donors (Lipinski definition) is 1. The van der Waals surface area contributed by atoms with E-state index in [1.165, 1.54) is 10.2 Å². The third-order valence-electron chi connectivity index (χ3n) is 3.86. The van der Waals surface area contributed by atoms with Crippen LogP contribution in [0, 0.1) is 0 Å². The van der Waals surface area contributed by atoms with Crippen LogP contribution in [0.3, 0.4) is 0 Å². The molecule has 0 spiro atoms. The Morgan fingerprint density at radius 2 is 2.05 bits per heavy atom. The molecule has 3 nitrogen and oxygen atoms in total. The molecule has 0 fully saturated rings. The van der Waals surface area contributed by atoms with Gasteiger partial charge < -0.3 is 5.32 Å². The Bertz CT molecular complexity index is 577. The topological polar surface area (TPSA) is 29.9 Å². The molecule has 106 valence electrons. The highest BCUT2D eigenvalue weighted by atomic mass is 19.3. The van der Waals surface area contributed by atoms with E-state index in [1.54, 1.807) is 12.3 Å². The Kier molecular flexibility index (Phi) is 3.42. The summed E-state index contributed by atoms with van der Waals surface area (Å²) in [6.07, 6.45) is 0.469. The van der Waals surface area contributed by atoms with Gasteiger partial charge in [-0.15, -0.1) is 0 Å². The first-order valence-corrected chi connectivity index (χ1v) is 6.86. The van der Waals surface area contributed by atoms with Crippen molar-refractivity contribution in [3.8, 4) is 0 Å². The number of nitrogens with zero attached hydrogens (tertiary/aromatic N) is 2. The lowest BCUT2D eigenvalue weighted by Gasteiger charge is -2.32. The molecule has 1 N–H and O–H groups in total. The van der Waals surface area contributed by atoms with Crippen LogP contribution >= 0.6 is 0 Å². The molecule has 0 saturated heterocycles. The average molecular weight is 277 g/mol. The Morgan fingerprint density at radius 1 is 1.30 bits per heavy atom. The molecule has 0 bridgehead atoms. The Balaban J connectivity index is 1.88. The van der Waals surface area contributed by atoms with Crippen LogP contribution in [0.5, 0.6) is 0 Å². The van der Waals surface area contributed by atoms with Crippen molar-refractivity contribution in [2.24, 2.45) is 0 Å². The highest BCUT2D eigenvalue weighted by Gasteiger charge is 2.33. The van der Waals surface area contributed by atoms with E-state index in [0.717, 1.165) is 12.0 Å². The van der Waals surface area contributed by atoms with Crippen LogP contribution in [0.25, 0.3) is 0 Å². The summed E-state index contributed by atoms with van der Waals surface area (Å²) in [4.78, 5) is 0. The first-order valence-electron chi connectivity index (χ1n) is 6.86. The quantitative estimate of drug-likeness (QED) is 0.924. The molecule has 1 aliphatic heterocycles. The minimum Gasteiger partial charge on any atom is -0.363 e. The van der Waals surface area contributed by atoms with Gasteiger partial charge in [0.2, 0.25) is 0 Å². The van der Waals surface area contributed by atoms with Gasteiger partial charge in [-0.1, -0.05) is 31.2 Å². The average Bonchev–Trinajstić information content (AvgIpc) is 2.94. The molecule has 1 aromatic carbocycles. The lowest BCUT2D eigenvalue weighted by molar-refractivity contribution is 0.0658.